The van der Waals surface area contributed by atoms with Gasteiger partial charge < -0.3 is 20.3 Å². The number of nitriles is 2. The van der Waals surface area contributed by atoms with Gasteiger partial charge in [0.05, 0.1) is 69.7 Å². The number of aromatic nitrogens is 8. The van der Waals surface area contributed by atoms with E-state index in [1.165, 1.54) is 60.3 Å². The first-order valence-corrected chi connectivity index (χ1v) is 13.1. The van der Waals surface area contributed by atoms with Crippen LogP contribution < -0.4 is 11.5 Å². The SMILES string of the molecule is N#CCc1coc(-n2cc(-c3ccnc(N)c3[N+](=O)[O-])cn2)n1.N#CCc1coc(Cl)n1.Nc1nccc(-c2cn[nH]c2)c1[N+](=O)[O-]. The van der Waals surface area contributed by atoms with E-state index in [1.807, 2.05) is 12.1 Å². The Hall–Kier alpha value is -7.19. The van der Waals surface area contributed by atoms with Crippen molar-refractivity contribution < 1.29 is 18.7 Å². The number of rotatable bonds is 7. The normalized spacial score (nSPS) is 10.0. The second-order valence-corrected chi connectivity index (χ2v) is 9.07. The van der Waals surface area contributed by atoms with E-state index in [1.54, 1.807) is 6.20 Å². The number of hydrogen-bond acceptors (Lipinski definition) is 16. The van der Waals surface area contributed by atoms with Crippen LogP contribution in [-0.2, 0) is 12.8 Å². The third-order valence-electron chi connectivity index (χ3n) is 5.75. The summed E-state index contributed by atoms with van der Waals surface area (Å²) in [7, 11) is 0. The van der Waals surface area contributed by atoms with E-state index in [9.17, 15) is 20.2 Å². The van der Waals surface area contributed by atoms with Crippen LogP contribution in [0.1, 0.15) is 11.4 Å². The number of nitrogens with zero attached hydrogens (tertiary/aromatic N) is 11. The second kappa shape index (κ2) is 15.0. The van der Waals surface area contributed by atoms with E-state index in [0.29, 0.717) is 28.1 Å². The third kappa shape index (κ3) is 8.05. The molecule has 20 nitrogen and oxygen atoms in total. The van der Waals surface area contributed by atoms with Crippen LogP contribution in [0.15, 0.2) is 70.7 Å². The van der Waals surface area contributed by atoms with Crippen molar-refractivity contribution in [2.24, 2.45) is 0 Å². The van der Waals surface area contributed by atoms with Crippen molar-refractivity contribution in [3.63, 3.8) is 0 Å². The fourth-order valence-corrected chi connectivity index (χ4v) is 3.92. The zero-order chi connectivity index (χ0) is 33.9. The molecule has 0 aromatic carbocycles. The minimum Gasteiger partial charge on any atom is -0.436 e. The van der Waals surface area contributed by atoms with Crippen molar-refractivity contribution in [2.75, 3.05) is 11.5 Å². The van der Waals surface area contributed by atoms with E-state index in [4.69, 9.17) is 38.0 Å². The molecule has 0 aliphatic heterocycles. The van der Waals surface area contributed by atoms with Gasteiger partial charge in [0.1, 0.15) is 12.5 Å². The number of nitrogen functional groups attached to an aromatic ring is 2. The monoisotopic (exact) mass is 658 g/mol. The number of nitrogens with one attached hydrogen (secondary N) is 1. The van der Waals surface area contributed by atoms with Gasteiger partial charge in [-0.1, -0.05) is 0 Å². The molecular formula is C26H19ClN14O6. The molecule has 0 aliphatic carbocycles. The summed E-state index contributed by atoms with van der Waals surface area (Å²) in [6.07, 6.45) is 11.9. The Morgan fingerprint density at radius 3 is 1.98 bits per heavy atom. The number of H-pyrrole nitrogens is 1. The summed E-state index contributed by atoms with van der Waals surface area (Å²) in [4.78, 5) is 36.0. The molecular weight excluding hydrogens is 640 g/mol. The quantitative estimate of drug-likeness (QED) is 0.162. The molecule has 0 spiro atoms. The van der Waals surface area contributed by atoms with Crippen molar-refractivity contribution in [1.82, 2.24) is 39.9 Å². The Morgan fingerprint density at radius 2 is 1.47 bits per heavy atom. The molecule has 236 valence electrons. The average Bonchev–Trinajstić information content (AvgIpc) is 3.86. The van der Waals surface area contributed by atoms with E-state index < -0.39 is 9.85 Å². The molecule has 6 heterocycles. The van der Waals surface area contributed by atoms with Gasteiger partial charge in [-0.15, -0.1) is 0 Å². The molecule has 0 aliphatic rings. The minimum atomic E-state index is -0.592. The van der Waals surface area contributed by atoms with Gasteiger partial charge >= 0.3 is 17.4 Å². The zero-order valence-corrected chi connectivity index (χ0v) is 24.3. The van der Waals surface area contributed by atoms with Gasteiger partial charge in [-0.25, -0.2) is 15.0 Å². The number of anilines is 2. The lowest BCUT2D eigenvalue weighted by atomic mass is 10.1. The summed E-state index contributed by atoms with van der Waals surface area (Å²) in [5.74, 6) is -0.272. The Kier molecular flexibility index (Phi) is 10.4. The predicted octanol–water partition coefficient (Wildman–Crippen LogP) is 3.83. The number of oxazole rings is 2. The molecule has 0 atom stereocenters. The molecule has 0 saturated heterocycles. The lowest BCUT2D eigenvalue weighted by Gasteiger charge is -2.01. The summed E-state index contributed by atoms with van der Waals surface area (Å²) in [5, 5.41) is 49.2. The molecule has 21 heteroatoms. The second-order valence-electron chi connectivity index (χ2n) is 8.74. The van der Waals surface area contributed by atoms with Crippen molar-refractivity contribution in [2.45, 2.75) is 12.8 Å². The fraction of sp³-hybridized carbons (Fsp3) is 0.0769. The van der Waals surface area contributed by atoms with Crippen molar-refractivity contribution >= 4 is 34.6 Å². The molecule has 6 rings (SSSR count). The molecule has 47 heavy (non-hydrogen) atoms. The summed E-state index contributed by atoms with van der Waals surface area (Å²) < 4.78 is 11.2. The van der Waals surface area contributed by atoms with Gasteiger partial charge in [-0.2, -0.15) is 30.4 Å². The highest BCUT2D eigenvalue weighted by atomic mass is 35.5. The Bertz CT molecular complexity index is 2090. The molecule has 0 unspecified atom stereocenters. The van der Waals surface area contributed by atoms with Crippen LogP contribution in [0.2, 0.25) is 5.35 Å². The number of nitro groups is 2. The number of halogens is 1. The van der Waals surface area contributed by atoms with Gasteiger partial charge in [-0.3, -0.25) is 25.3 Å². The van der Waals surface area contributed by atoms with Gasteiger partial charge in [0.15, 0.2) is 0 Å². The van der Waals surface area contributed by atoms with E-state index >= 15 is 0 Å². The molecule has 0 bridgehead atoms. The molecule has 0 amide bonds. The molecule has 5 N–H and O–H groups in total. The predicted molar refractivity (Wildman–Crippen MR) is 161 cm³/mol. The first-order valence-electron chi connectivity index (χ1n) is 12.7. The first kappa shape index (κ1) is 32.7. The topological polar surface area (TPSA) is 310 Å². The van der Waals surface area contributed by atoms with Gasteiger partial charge in [0.2, 0.25) is 11.6 Å². The maximum atomic E-state index is 11.2. The molecule has 6 aromatic rings. The standard InChI is InChI=1S/C13H9N7O3.C8H7N5O2.C5H3ClN2O/c14-3-1-9-7-23-13(18-9)19-6-8(5-17-19)10-2-4-16-12(15)11(10)20(21)22;9-8-7(13(14)15)6(1-2-10-8)5-3-11-12-4-5;6-5-8-4(1-2-7)3-9-5/h2,4-7H,1H2,(H2,15,16);1-4H,(H2,9,10)(H,11,12);3H,1H2. The Balaban J connectivity index is 0.000000178. The third-order valence-corrected chi connectivity index (χ3v) is 5.93. The molecule has 0 radical (unpaired) electrons. The Labute approximate surface area is 267 Å². The summed E-state index contributed by atoms with van der Waals surface area (Å²) in [6, 6.07) is 7.04. The summed E-state index contributed by atoms with van der Waals surface area (Å²) in [5.41, 5.74) is 13.3. The number of hydrogen-bond donors (Lipinski definition) is 3. The van der Waals surface area contributed by atoms with Crippen LogP contribution in [-0.4, -0.2) is 49.8 Å². The van der Waals surface area contributed by atoms with Gasteiger partial charge in [-0.05, 0) is 23.7 Å². The average molecular weight is 659 g/mol. The summed E-state index contributed by atoms with van der Waals surface area (Å²) >= 11 is 5.31. The van der Waals surface area contributed by atoms with Crippen molar-refractivity contribution in [3.05, 3.63) is 98.8 Å². The highest BCUT2D eigenvalue weighted by molar-refractivity contribution is 6.27. The van der Waals surface area contributed by atoms with E-state index in [0.717, 1.165) is 0 Å². The maximum Gasteiger partial charge on any atom is 0.322 e. The van der Waals surface area contributed by atoms with Crippen LogP contribution in [0.3, 0.4) is 0 Å². The number of nitrogens with two attached hydrogens (primary N) is 2. The highest BCUT2D eigenvalue weighted by Gasteiger charge is 2.22. The lowest BCUT2D eigenvalue weighted by molar-refractivity contribution is -0.383. The van der Waals surface area contributed by atoms with Crippen LogP contribution in [0.25, 0.3) is 28.3 Å². The molecule has 6 aromatic heterocycles. The fourth-order valence-electron chi connectivity index (χ4n) is 3.76. The number of aromatic amines is 1. The Morgan fingerprint density at radius 1 is 0.894 bits per heavy atom. The van der Waals surface area contributed by atoms with E-state index in [-0.39, 0.29) is 52.8 Å². The van der Waals surface area contributed by atoms with Crippen LogP contribution >= 0.6 is 11.6 Å². The van der Waals surface area contributed by atoms with Crippen molar-refractivity contribution in [1.29, 1.82) is 10.5 Å². The largest absolute Gasteiger partial charge is 0.436 e. The molecule has 0 saturated carbocycles. The smallest absolute Gasteiger partial charge is 0.322 e. The minimum absolute atomic E-state index is 0.0836. The highest BCUT2D eigenvalue weighted by Crippen LogP contribution is 2.33. The lowest BCUT2D eigenvalue weighted by Crippen LogP contribution is -2.00. The van der Waals surface area contributed by atoms with Crippen LogP contribution in [0.4, 0.5) is 23.0 Å². The number of pyridine rings is 2. The van der Waals surface area contributed by atoms with E-state index in [2.05, 4.69) is 39.6 Å². The van der Waals surface area contributed by atoms with Crippen LogP contribution in [0.5, 0.6) is 0 Å². The van der Waals surface area contributed by atoms with Gasteiger partial charge in [0.25, 0.3) is 5.35 Å². The zero-order valence-electron chi connectivity index (χ0n) is 23.6. The van der Waals surface area contributed by atoms with Gasteiger partial charge in [0, 0.05) is 35.9 Å². The maximum absolute atomic E-state index is 11.2. The molecule has 0 fully saturated rings. The van der Waals surface area contributed by atoms with Crippen molar-refractivity contribution in [3.8, 4) is 40.4 Å². The first-order chi connectivity index (χ1) is 22.6. The summed E-state index contributed by atoms with van der Waals surface area (Å²) in [6.45, 7) is 0. The van der Waals surface area contributed by atoms with Crippen LogP contribution in [0, 0.1) is 42.9 Å².